The first kappa shape index (κ1) is 18.1. The highest BCUT2D eigenvalue weighted by Crippen LogP contribution is 2.33. The van der Waals surface area contributed by atoms with Crippen LogP contribution in [-0.2, 0) is 11.2 Å². The normalized spacial score (nSPS) is 19.3. The van der Waals surface area contributed by atoms with Gasteiger partial charge in [0.15, 0.2) is 0 Å². The Bertz CT molecular complexity index is 926. The van der Waals surface area contributed by atoms with Crippen molar-refractivity contribution in [1.82, 2.24) is 14.9 Å². The molecule has 0 bridgehead atoms. The third-order valence-corrected chi connectivity index (χ3v) is 6.49. The van der Waals surface area contributed by atoms with E-state index in [0.29, 0.717) is 0 Å². The molecule has 0 saturated carbocycles. The fraction of sp³-hybridized carbons (Fsp3) is 0.381. The van der Waals surface area contributed by atoms with Gasteiger partial charge in [0.2, 0.25) is 0 Å². The highest BCUT2D eigenvalue weighted by atomic mass is 32.1. The van der Waals surface area contributed by atoms with Gasteiger partial charge in [0.05, 0.1) is 11.4 Å². The third kappa shape index (κ3) is 3.47. The Morgan fingerprint density at radius 3 is 2.78 bits per heavy atom. The average molecular weight is 381 g/mol. The first-order valence-corrected chi connectivity index (χ1v) is 10.3. The maximum absolute atomic E-state index is 11.8. The van der Waals surface area contributed by atoms with E-state index in [2.05, 4.69) is 39.7 Å². The highest BCUT2D eigenvalue weighted by Gasteiger charge is 2.30. The molecule has 2 aromatic heterocycles. The van der Waals surface area contributed by atoms with Crippen molar-refractivity contribution in [2.24, 2.45) is 0 Å². The fourth-order valence-corrected chi connectivity index (χ4v) is 4.80. The van der Waals surface area contributed by atoms with Crippen molar-refractivity contribution in [2.75, 3.05) is 24.5 Å². The molecule has 3 heterocycles. The van der Waals surface area contributed by atoms with Gasteiger partial charge < -0.3 is 9.69 Å². The number of hydrogen-bond donors (Lipinski definition) is 0. The van der Waals surface area contributed by atoms with Gasteiger partial charge in [-0.3, -0.25) is 4.90 Å². The number of hydrogen-bond acceptors (Lipinski definition) is 6. The number of fused-ring (bicyclic) bond motifs is 1. The van der Waals surface area contributed by atoms with Crippen LogP contribution in [0, 0.1) is 0 Å². The Balaban J connectivity index is 1.57. The number of carbonyl (C=O) groups excluding carboxylic acids is 1. The summed E-state index contributed by atoms with van der Waals surface area (Å²) in [7, 11) is 0. The van der Waals surface area contributed by atoms with Gasteiger partial charge >= 0.3 is 0 Å². The lowest BCUT2D eigenvalue weighted by atomic mass is 10.0. The lowest BCUT2D eigenvalue weighted by Crippen LogP contribution is -2.53. The van der Waals surface area contributed by atoms with Gasteiger partial charge in [-0.1, -0.05) is 37.3 Å². The number of aryl methyl sites for hydroxylation is 1. The maximum atomic E-state index is 11.8. The minimum absolute atomic E-state index is 0.186. The SMILES string of the molecule is CCc1cc2c(N3CCN(C(C=O)c4ccccc4)C[C@@H]3C)ncnc2s1. The van der Waals surface area contributed by atoms with E-state index in [1.54, 1.807) is 17.7 Å². The molecule has 1 aliphatic heterocycles. The van der Waals surface area contributed by atoms with Gasteiger partial charge in [-0.25, -0.2) is 9.97 Å². The quantitative estimate of drug-likeness (QED) is 0.632. The molecule has 0 spiro atoms. The molecule has 5 nitrogen and oxygen atoms in total. The van der Waals surface area contributed by atoms with E-state index < -0.39 is 0 Å². The molecule has 1 aromatic carbocycles. The van der Waals surface area contributed by atoms with Crippen LogP contribution < -0.4 is 4.90 Å². The molecule has 0 radical (unpaired) electrons. The van der Waals surface area contributed by atoms with Crippen molar-refractivity contribution in [2.45, 2.75) is 32.4 Å². The van der Waals surface area contributed by atoms with Gasteiger partial charge in [-0.05, 0) is 25.0 Å². The highest BCUT2D eigenvalue weighted by molar-refractivity contribution is 7.18. The number of piperazine rings is 1. The van der Waals surface area contributed by atoms with E-state index in [-0.39, 0.29) is 12.1 Å². The molecule has 27 heavy (non-hydrogen) atoms. The van der Waals surface area contributed by atoms with E-state index in [4.69, 9.17) is 0 Å². The zero-order valence-corrected chi connectivity index (χ0v) is 16.5. The number of anilines is 1. The van der Waals surface area contributed by atoms with Crippen LogP contribution in [0.4, 0.5) is 5.82 Å². The summed E-state index contributed by atoms with van der Waals surface area (Å²) < 4.78 is 0. The predicted octanol–water partition coefficient (Wildman–Crippen LogP) is 3.70. The number of aldehydes is 1. The van der Waals surface area contributed by atoms with Crippen molar-refractivity contribution in [3.05, 3.63) is 53.2 Å². The minimum Gasteiger partial charge on any atom is -0.351 e. The van der Waals surface area contributed by atoms with Crippen molar-refractivity contribution in [3.63, 3.8) is 0 Å². The molecule has 1 unspecified atom stereocenters. The van der Waals surface area contributed by atoms with Crippen molar-refractivity contribution in [1.29, 1.82) is 0 Å². The molecule has 0 amide bonds. The molecule has 2 atom stereocenters. The van der Waals surface area contributed by atoms with Gasteiger partial charge in [0, 0.05) is 30.6 Å². The summed E-state index contributed by atoms with van der Waals surface area (Å²) in [5, 5.41) is 1.15. The van der Waals surface area contributed by atoms with Gasteiger partial charge in [-0.15, -0.1) is 11.3 Å². The van der Waals surface area contributed by atoms with Crippen LogP contribution in [-0.4, -0.2) is 46.8 Å². The molecule has 3 aromatic rings. The summed E-state index contributed by atoms with van der Waals surface area (Å²) in [5.41, 5.74) is 1.06. The Morgan fingerprint density at radius 2 is 2.07 bits per heavy atom. The van der Waals surface area contributed by atoms with E-state index in [1.807, 2.05) is 30.3 Å². The van der Waals surface area contributed by atoms with Crippen LogP contribution in [0.15, 0.2) is 42.7 Å². The molecule has 6 heteroatoms. The molecular formula is C21H24N4OS. The van der Waals surface area contributed by atoms with Crippen LogP contribution in [0.3, 0.4) is 0 Å². The van der Waals surface area contributed by atoms with Crippen LogP contribution in [0.2, 0.25) is 0 Å². The predicted molar refractivity (Wildman–Crippen MR) is 110 cm³/mol. The number of carbonyl (C=O) groups is 1. The lowest BCUT2D eigenvalue weighted by molar-refractivity contribution is -0.112. The summed E-state index contributed by atoms with van der Waals surface area (Å²) in [6, 6.07) is 12.3. The molecular weight excluding hydrogens is 356 g/mol. The van der Waals surface area contributed by atoms with Gasteiger partial charge in [0.1, 0.15) is 23.3 Å². The third-order valence-electron chi connectivity index (χ3n) is 5.30. The van der Waals surface area contributed by atoms with E-state index in [9.17, 15) is 4.79 Å². The Kier molecular flexibility index (Phi) is 5.18. The molecule has 0 N–H and O–H groups in total. The number of nitrogens with zero attached hydrogens (tertiary/aromatic N) is 4. The summed E-state index contributed by atoms with van der Waals surface area (Å²) >= 11 is 1.75. The summed E-state index contributed by atoms with van der Waals surface area (Å²) in [6.07, 6.45) is 3.75. The van der Waals surface area contributed by atoms with Crippen LogP contribution in [0.1, 0.15) is 30.3 Å². The van der Waals surface area contributed by atoms with E-state index in [1.165, 1.54) is 4.88 Å². The van der Waals surface area contributed by atoms with Crippen LogP contribution in [0.25, 0.3) is 10.2 Å². The summed E-state index contributed by atoms with van der Waals surface area (Å²) in [4.78, 5) is 27.9. The number of benzene rings is 1. The topological polar surface area (TPSA) is 49.3 Å². The Labute approximate surface area is 163 Å². The molecule has 1 aliphatic rings. The van der Waals surface area contributed by atoms with Crippen molar-refractivity contribution in [3.8, 4) is 0 Å². The maximum Gasteiger partial charge on any atom is 0.141 e. The molecule has 1 saturated heterocycles. The van der Waals surface area contributed by atoms with Crippen molar-refractivity contribution < 1.29 is 4.79 Å². The minimum atomic E-state index is -0.186. The first-order chi connectivity index (χ1) is 13.2. The second-order valence-corrected chi connectivity index (χ2v) is 8.13. The Morgan fingerprint density at radius 1 is 1.26 bits per heavy atom. The molecule has 4 rings (SSSR count). The first-order valence-electron chi connectivity index (χ1n) is 9.45. The largest absolute Gasteiger partial charge is 0.351 e. The van der Waals surface area contributed by atoms with Crippen LogP contribution in [0.5, 0.6) is 0 Å². The zero-order chi connectivity index (χ0) is 18.8. The monoisotopic (exact) mass is 380 g/mol. The number of aromatic nitrogens is 2. The zero-order valence-electron chi connectivity index (χ0n) is 15.7. The van der Waals surface area contributed by atoms with E-state index in [0.717, 1.165) is 53.9 Å². The Hall–Kier alpha value is -2.31. The van der Waals surface area contributed by atoms with Crippen LogP contribution >= 0.6 is 11.3 Å². The molecule has 140 valence electrons. The number of thiophene rings is 1. The standard InChI is InChI=1S/C21H24N4OS/c1-3-17-11-18-20(22-14-23-21(18)27-17)25-10-9-24(12-15(25)2)19(13-26)16-7-5-4-6-8-16/h4-8,11,13-15,19H,3,9-10,12H2,1-2H3/t15-,19?/m0/s1. The van der Waals surface area contributed by atoms with Gasteiger partial charge in [0.25, 0.3) is 0 Å². The van der Waals surface area contributed by atoms with E-state index >= 15 is 0 Å². The second kappa shape index (κ2) is 7.74. The van der Waals surface area contributed by atoms with Crippen molar-refractivity contribution >= 4 is 33.7 Å². The molecule has 1 fully saturated rings. The average Bonchev–Trinajstić information content (AvgIpc) is 3.13. The lowest BCUT2D eigenvalue weighted by Gasteiger charge is -2.42. The van der Waals surface area contributed by atoms with Gasteiger partial charge in [-0.2, -0.15) is 0 Å². The summed E-state index contributed by atoms with van der Waals surface area (Å²) in [6.45, 7) is 6.89. The summed E-state index contributed by atoms with van der Waals surface area (Å²) in [5.74, 6) is 1.02. The smallest absolute Gasteiger partial charge is 0.141 e. The second-order valence-electron chi connectivity index (χ2n) is 7.01. The number of rotatable bonds is 5. The fourth-order valence-electron chi connectivity index (χ4n) is 3.87. The molecule has 0 aliphatic carbocycles.